The molecule has 0 bridgehead atoms. The van der Waals surface area contributed by atoms with Crippen LogP contribution in [0.3, 0.4) is 0 Å². The molecule has 19 heavy (non-hydrogen) atoms. The standard InChI is InChI=1S/C14H17Br2N3/c1-8(17-4)12-6-5-11(15)7-13(12)19-10(3)14(16)9(2)18-19/h5-8,17H,1-4H3. The summed E-state index contributed by atoms with van der Waals surface area (Å²) < 4.78 is 4.11. The van der Waals surface area contributed by atoms with E-state index in [9.17, 15) is 0 Å². The molecule has 0 aliphatic carbocycles. The second kappa shape index (κ2) is 5.77. The maximum absolute atomic E-state index is 4.62. The highest BCUT2D eigenvalue weighted by atomic mass is 79.9. The minimum absolute atomic E-state index is 0.269. The molecule has 0 aliphatic rings. The van der Waals surface area contributed by atoms with Gasteiger partial charge in [0, 0.05) is 10.5 Å². The SMILES string of the molecule is CNC(C)c1ccc(Br)cc1-n1nc(C)c(Br)c1C. The van der Waals surface area contributed by atoms with Crippen LogP contribution in [0.1, 0.15) is 29.9 Å². The maximum Gasteiger partial charge on any atom is 0.0743 e. The van der Waals surface area contributed by atoms with Crippen molar-refractivity contribution in [2.24, 2.45) is 0 Å². The number of aryl methyl sites for hydroxylation is 1. The van der Waals surface area contributed by atoms with Crippen LogP contribution in [0.25, 0.3) is 5.69 Å². The zero-order chi connectivity index (χ0) is 14.2. The van der Waals surface area contributed by atoms with Crippen LogP contribution in [0.4, 0.5) is 0 Å². The van der Waals surface area contributed by atoms with Crippen LogP contribution in [0.15, 0.2) is 27.1 Å². The molecular formula is C14H17Br2N3. The maximum atomic E-state index is 4.62. The first-order chi connectivity index (χ1) is 8.95. The Balaban J connectivity index is 2.66. The Morgan fingerprint density at radius 1 is 1.26 bits per heavy atom. The summed E-state index contributed by atoms with van der Waals surface area (Å²) in [5.74, 6) is 0. The first-order valence-electron chi connectivity index (χ1n) is 6.14. The monoisotopic (exact) mass is 385 g/mol. The van der Waals surface area contributed by atoms with E-state index < -0.39 is 0 Å². The molecule has 3 nitrogen and oxygen atoms in total. The van der Waals surface area contributed by atoms with Gasteiger partial charge in [0.1, 0.15) is 0 Å². The van der Waals surface area contributed by atoms with E-state index >= 15 is 0 Å². The number of nitrogens with zero attached hydrogens (tertiary/aromatic N) is 2. The molecule has 1 N–H and O–H groups in total. The summed E-state index contributed by atoms with van der Waals surface area (Å²) in [7, 11) is 1.97. The van der Waals surface area contributed by atoms with Crippen LogP contribution in [0.2, 0.25) is 0 Å². The van der Waals surface area contributed by atoms with Crippen LogP contribution in [0.5, 0.6) is 0 Å². The van der Waals surface area contributed by atoms with E-state index in [-0.39, 0.29) is 6.04 Å². The quantitative estimate of drug-likeness (QED) is 0.852. The van der Waals surface area contributed by atoms with E-state index in [4.69, 9.17) is 0 Å². The molecule has 2 aromatic rings. The molecule has 0 radical (unpaired) electrons. The lowest BCUT2D eigenvalue weighted by atomic mass is 10.1. The summed E-state index contributed by atoms with van der Waals surface area (Å²) in [5.41, 5.74) is 4.44. The van der Waals surface area contributed by atoms with Gasteiger partial charge in [-0.15, -0.1) is 0 Å². The Morgan fingerprint density at radius 2 is 1.95 bits per heavy atom. The summed E-state index contributed by atoms with van der Waals surface area (Å²) in [6, 6.07) is 6.57. The van der Waals surface area contributed by atoms with Gasteiger partial charge < -0.3 is 5.32 Å². The average Bonchev–Trinajstić information content (AvgIpc) is 2.65. The number of nitrogens with one attached hydrogen (secondary N) is 1. The molecule has 0 amide bonds. The molecule has 0 aliphatic heterocycles. The Kier molecular flexibility index (Phi) is 4.48. The number of benzene rings is 1. The van der Waals surface area contributed by atoms with Gasteiger partial charge >= 0.3 is 0 Å². The smallest absolute Gasteiger partial charge is 0.0743 e. The number of hydrogen-bond acceptors (Lipinski definition) is 2. The van der Waals surface area contributed by atoms with Gasteiger partial charge in [0.25, 0.3) is 0 Å². The van der Waals surface area contributed by atoms with E-state index in [0.717, 1.165) is 26.0 Å². The molecule has 2 rings (SSSR count). The molecule has 1 aromatic carbocycles. The van der Waals surface area contributed by atoms with Crippen molar-refractivity contribution < 1.29 is 0 Å². The molecule has 1 unspecified atom stereocenters. The molecule has 0 saturated heterocycles. The fourth-order valence-electron chi connectivity index (χ4n) is 2.08. The highest BCUT2D eigenvalue weighted by Gasteiger charge is 2.16. The van der Waals surface area contributed by atoms with E-state index in [1.165, 1.54) is 5.56 Å². The molecule has 0 saturated carbocycles. The van der Waals surface area contributed by atoms with Crippen molar-refractivity contribution >= 4 is 31.9 Å². The lowest BCUT2D eigenvalue weighted by Gasteiger charge is -2.17. The normalized spacial score (nSPS) is 12.7. The van der Waals surface area contributed by atoms with Crippen molar-refractivity contribution in [2.75, 3.05) is 7.05 Å². The highest BCUT2D eigenvalue weighted by Crippen LogP contribution is 2.29. The van der Waals surface area contributed by atoms with Crippen LogP contribution in [-0.4, -0.2) is 16.8 Å². The Labute approximate surface area is 130 Å². The Hall–Kier alpha value is -0.650. The Bertz CT molecular complexity index is 605. The molecule has 102 valence electrons. The molecule has 1 aromatic heterocycles. The van der Waals surface area contributed by atoms with Crippen molar-refractivity contribution in [3.63, 3.8) is 0 Å². The highest BCUT2D eigenvalue weighted by molar-refractivity contribution is 9.10. The largest absolute Gasteiger partial charge is 0.313 e. The fraction of sp³-hybridized carbons (Fsp3) is 0.357. The van der Waals surface area contributed by atoms with Crippen molar-refractivity contribution in [1.29, 1.82) is 0 Å². The summed E-state index contributed by atoms with van der Waals surface area (Å²) in [6.07, 6.45) is 0. The van der Waals surface area contributed by atoms with E-state index in [2.05, 4.69) is 74.3 Å². The molecule has 0 spiro atoms. The third-order valence-corrected chi connectivity index (χ3v) is 4.96. The fourth-order valence-corrected chi connectivity index (χ4v) is 2.68. The van der Waals surface area contributed by atoms with Crippen molar-refractivity contribution in [3.05, 3.63) is 44.1 Å². The van der Waals surface area contributed by atoms with E-state index in [1.807, 2.05) is 18.7 Å². The zero-order valence-electron chi connectivity index (χ0n) is 11.5. The first-order valence-corrected chi connectivity index (χ1v) is 7.73. The van der Waals surface area contributed by atoms with Crippen molar-refractivity contribution in [2.45, 2.75) is 26.8 Å². The molecule has 1 heterocycles. The van der Waals surface area contributed by atoms with Crippen LogP contribution >= 0.6 is 31.9 Å². The predicted molar refractivity (Wildman–Crippen MR) is 85.9 cm³/mol. The number of aromatic nitrogens is 2. The molecule has 1 atom stereocenters. The van der Waals surface area contributed by atoms with E-state index in [0.29, 0.717) is 0 Å². The van der Waals surface area contributed by atoms with Crippen LogP contribution < -0.4 is 5.32 Å². The van der Waals surface area contributed by atoms with Gasteiger partial charge in [-0.25, -0.2) is 4.68 Å². The number of halogens is 2. The van der Waals surface area contributed by atoms with Gasteiger partial charge in [0.2, 0.25) is 0 Å². The lowest BCUT2D eigenvalue weighted by molar-refractivity contribution is 0.642. The minimum atomic E-state index is 0.269. The molecule has 5 heteroatoms. The van der Waals surface area contributed by atoms with Crippen molar-refractivity contribution in [1.82, 2.24) is 15.1 Å². The Morgan fingerprint density at radius 3 is 2.47 bits per heavy atom. The summed E-state index contributed by atoms with van der Waals surface area (Å²) in [4.78, 5) is 0. The average molecular weight is 387 g/mol. The topological polar surface area (TPSA) is 29.9 Å². The van der Waals surface area contributed by atoms with Gasteiger partial charge in [-0.1, -0.05) is 22.0 Å². The molecule has 0 fully saturated rings. The number of hydrogen-bond donors (Lipinski definition) is 1. The summed E-state index contributed by atoms with van der Waals surface area (Å²) in [6.45, 7) is 6.22. The lowest BCUT2D eigenvalue weighted by Crippen LogP contribution is -2.15. The van der Waals surface area contributed by atoms with Gasteiger partial charge in [0.05, 0.1) is 21.5 Å². The van der Waals surface area contributed by atoms with Crippen LogP contribution in [-0.2, 0) is 0 Å². The first kappa shape index (κ1) is 14.8. The van der Waals surface area contributed by atoms with Gasteiger partial charge in [-0.2, -0.15) is 5.10 Å². The second-order valence-corrected chi connectivity index (χ2v) is 6.32. The number of rotatable bonds is 3. The van der Waals surface area contributed by atoms with E-state index in [1.54, 1.807) is 0 Å². The summed E-state index contributed by atoms with van der Waals surface area (Å²) in [5, 5.41) is 7.90. The van der Waals surface area contributed by atoms with Gasteiger partial charge in [-0.05, 0) is 61.4 Å². The predicted octanol–water partition coefficient (Wildman–Crippen LogP) is 4.29. The minimum Gasteiger partial charge on any atom is -0.313 e. The van der Waals surface area contributed by atoms with Crippen molar-refractivity contribution in [3.8, 4) is 5.69 Å². The van der Waals surface area contributed by atoms with Gasteiger partial charge in [0.15, 0.2) is 0 Å². The van der Waals surface area contributed by atoms with Crippen LogP contribution in [0, 0.1) is 13.8 Å². The summed E-state index contributed by atoms with van der Waals surface area (Å²) >= 11 is 7.13. The molecular weight excluding hydrogens is 370 g/mol. The third-order valence-electron chi connectivity index (χ3n) is 3.32. The zero-order valence-corrected chi connectivity index (χ0v) is 14.6. The second-order valence-electron chi connectivity index (χ2n) is 4.61. The third kappa shape index (κ3) is 2.78. The van der Waals surface area contributed by atoms with Gasteiger partial charge in [-0.3, -0.25) is 0 Å².